The predicted molar refractivity (Wildman–Crippen MR) is 77.6 cm³/mol. The lowest BCUT2D eigenvalue weighted by Crippen LogP contribution is -2.28. The Morgan fingerprint density at radius 1 is 1.22 bits per heavy atom. The second kappa shape index (κ2) is 5.53. The van der Waals surface area contributed by atoms with Gasteiger partial charge in [-0.05, 0) is 43.5 Å². The summed E-state index contributed by atoms with van der Waals surface area (Å²) >= 11 is 1.77. The second-order valence-electron chi connectivity index (χ2n) is 4.93. The summed E-state index contributed by atoms with van der Waals surface area (Å²) in [4.78, 5) is 1.17. The molecule has 2 rings (SSSR count). The molecule has 1 saturated carbocycles. The first-order chi connectivity index (χ1) is 8.45. The molecule has 0 amide bonds. The molecule has 1 aromatic rings. The van der Waals surface area contributed by atoms with Gasteiger partial charge in [-0.3, -0.25) is 0 Å². The van der Waals surface area contributed by atoms with Crippen molar-refractivity contribution in [2.24, 2.45) is 0 Å². The summed E-state index contributed by atoms with van der Waals surface area (Å²) in [6, 6.07) is 7.78. The van der Waals surface area contributed by atoms with Crippen molar-refractivity contribution >= 4 is 27.3 Å². The van der Waals surface area contributed by atoms with Crippen molar-refractivity contribution in [2.75, 3.05) is 12.0 Å². The fourth-order valence-electron chi connectivity index (χ4n) is 2.34. The smallest absolute Gasteiger partial charge is 0.150 e. The van der Waals surface area contributed by atoms with Gasteiger partial charge in [0.25, 0.3) is 0 Å². The Bertz CT molecular complexity index is 496. The van der Waals surface area contributed by atoms with Crippen molar-refractivity contribution in [3.05, 3.63) is 24.3 Å². The summed E-state index contributed by atoms with van der Waals surface area (Å²) in [6.45, 7) is 0. The Kier molecular flexibility index (Phi) is 4.22. The molecule has 1 aliphatic rings. The quantitative estimate of drug-likeness (QED) is 0.867. The first kappa shape index (κ1) is 13.7. The van der Waals surface area contributed by atoms with Crippen LogP contribution in [-0.4, -0.2) is 25.2 Å². The van der Waals surface area contributed by atoms with Gasteiger partial charge in [0, 0.05) is 22.1 Å². The van der Waals surface area contributed by atoms with Crippen LogP contribution >= 0.6 is 11.8 Å². The first-order valence-corrected chi connectivity index (χ1v) is 8.99. The molecular weight excluding hydrogens is 266 g/mol. The van der Waals surface area contributed by atoms with E-state index in [0.29, 0.717) is 5.25 Å². The highest BCUT2D eigenvalue weighted by Gasteiger charge is 2.29. The number of thioether (sulfide) groups is 1. The molecular formula is C13H19NO2S2. The highest BCUT2D eigenvalue weighted by Crippen LogP contribution is 2.35. The van der Waals surface area contributed by atoms with Gasteiger partial charge >= 0.3 is 0 Å². The van der Waals surface area contributed by atoms with Gasteiger partial charge in [-0.2, -0.15) is 0 Å². The van der Waals surface area contributed by atoms with Crippen LogP contribution in [0.15, 0.2) is 29.2 Å². The van der Waals surface area contributed by atoms with Crippen LogP contribution in [0.25, 0.3) is 0 Å². The lowest BCUT2D eigenvalue weighted by atomic mass is 10.00. The summed E-state index contributed by atoms with van der Waals surface area (Å²) in [5.74, 6) is 0. The highest BCUT2D eigenvalue weighted by molar-refractivity contribution is 8.00. The van der Waals surface area contributed by atoms with E-state index in [4.69, 9.17) is 5.73 Å². The van der Waals surface area contributed by atoms with Crippen LogP contribution in [-0.2, 0) is 9.84 Å². The molecule has 0 radical (unpaired) electrons. The van der Waals surface area contributed by atoms with Crippen LogP contribution < -0.4 is 5.73 Å². The normalized spacial score (nSPS) is 24.9. The number of nitrogen functional groups attached to an aromatic ring is 1. The first-order valence-electron chi connectivity index (χ1n) is 6.16. The van der Waals surface area contributed by atoms with Crippen molar-refractivity contribution in [1.29, 1.82) is 0 Å². The van der Waals surface area contributed by atoms with Gasteiger partial charge in [0.15, 0.2) is 0 Å². The number of anilines is 1. The average Bonchev–Trinajstić information content (AvgIpc) is 2.31. The molecule has 0 aliphatic heterocycles. The summed E-state index contributed by atoms with van der Waals surface area (Å²) in [6.07, 6.45) is 5.05. The number of benzene rings is 1. The van der Waals surface area contributed by atoms with Crippen LogP contribution in [0.2, 0.25) is 0 Å². The fourth-order valence-corrected chi connectivity index (χ4v) is 4.93. The number of hydrogen-bond donors (Lipinski definition) is 1. The minimum Gasteiger partial charge on any atom is -0.399 e. The third-order valence-electron chi connectivity index (χ3n) is 3.37. The lowest BCUT2D eigenvalue weighted by Gasteiger charge is -2.27. The number of hydrogen-bond acceptors (Lipinski definition) is 4. The minimum atomic E-state index is -2.89. The van der Waals surface area contributed by atoms with E-state index in [1.807, 2.05) is 24.3 Å². The van der Waals surface area contributed by atoms with Crippen molar-refractivity contribution in [3.8, 4) is 0 Å². The van der Waals surface area contributed by atoms with Crippen LogP contribution in [0.3, 0.4) is 0 Å². The third kappa shape index (κ3) is 3.65. The third-order valence-corrected chi connectivity index (χ3v) is 6.31. The largest absolute Gasteiger partial charge is 0.399 e. The summed E-state index contributed by atoms with van der Waals surface area (Å²) in [7, 11) is -2.89. The van der Waals surface area contributed by atoms with E-state index in [1.165, 1.54) is 11.2 Å². The van der Waals surface area contributed by atoms with Crippen molar-refractivity contribution in [1.82, 2.24) is 0 Å². The second-order valence-corrected chi connectivity index (χ2v) is 8.63. The van der Waals surface area contributed by atoms with E-state index < -0.39 is 9.84 Å². The van der Waals surface area contributed by atoms with Gasteiger partial charge < -0.3 is 5.73 Å². The Labute approximate surface area is 113 Å². The SMILES string of the molecule is CS(=O)(=O)C1CCCC(Sc2ccc(N)cc2)C1. The molecule has 2 atom stereocenters. The molecule has 3 nitrogen and oxygen atoms in total. The zero-order chi connectivity index (χ0) is 13.2. The molecule has 5 heteroatoms. The van der Waals surface area contributed by atoms with E-state index in [9.17, 15) is 8.42 Å². The molecule has 0 bridgehead atoms. The zero-order valence-electron chi connectivity index (χ0n) is 10.5. The van der Waals surface area contributed by atoms with Gasteiger partial charge in [-0.15, -0.1) is 11.8 Å². The molecule has 1 fully saturated rings. The van der Waals surface area contributed by atoms with E-state index in [2.05, 4.69) is 0 Å². The predicted octanol–water partition coefficient (Wildman–Crippen LogP) is 2.72. The van der Waals surface area contributed by atoms with Gasteiger partial charge in [0.2, 0.25) is 0 Å². The topological polar surface area (TPSA) is 60.2 Å². The Morgan fingerprint density at radius 2 is 1.89 bits per heavy atom. The molecule has 1 aromatic carbocycles. The van der Waals surface area contributed by atoms with Crippen molar-refractivity contribution in [2.45, 2.75) is 41.1 Å². The van der Waals surface area contributed by atoms with Gasteiger partial charge in [0.1, 0.15) is 9.84 Å². The molecule has 100 valence electrons. The molecule has 0 heterocycles. The average molecular weight is 285 g/mol. The maximum atomic E-state index is 11.6. The van der Waals surface area contributed by atoms with Crippen molar-refractivity contribution in [3.63, 3.8) is 0 Å². The van der Waals surface area contributed by atoms with Gasteiger partial charge in [-0.25, -0.2) is 8.42 Å². The number of nitrogens with two attached hydrogens (primary N) is 1. The molecule has 0 saturated heterocycles. The summed E-state index contributed by atoms with van der Waals surface area (Å²) in [5.41, 5.74) is 6.41. The van der Waals surface area contributed by atoms with E-state index in [1.54, 1.807) is 11.8 Å². The molecule has 2 unspecified atom stereocenters. The molecule has 2 N–H and O–H groups in total. The van der Waals surface area contributed by atoms with Crippen LogP contribution in [0, 0.1) is 0 Å². The highest BCUT2D eigenvalue weighted by atomic mass is 32.2. The summed E-state index contributed by atoms with van der Waals surface area (Å²) in [5, 5.41) is 0.250. The molecule has 0 spiro atoms. The van der Waals surface area contributed by atoms with E-state index in [0.717, 1.165) is 31.4 Å². The number of sulfone groups is 1. The van der Waals surface area contributed by atoms with Crippen molar-refractivity contribution < 1.29 is 8.42 Å². The number of rotatable bonds is 3. The van der Waals surface area contributed by atoms with E-state index in [-0.39, 0.29) is 5.25 Å². The van der Waals surface area contributed by atoms with E-state index >= 15 is 0 Å². The Hall–Kier alpha value is -0.680. The van der Waals surface area contributed by atoms with Crippen LogP contribution in [0.4, 0.5) is 5.69 Å². The lowest BCUT2D eigenvalue weighted by molar-refractivity contribution is 0.495. The van der Waals surface area contributed by atoms with Gasteiger partial charge in [0.05, 0.1) is 5.25 Å². The maximum Gasteiger partial charge on any atom is 0.150 e. The monoisotopic (exact) mass is 285 g/mol. The molecule has 18 heavy (non-hydrogen) atoms. The Balaban J connectivity index is 2.00. The minimum absolute atomic E-state index is 0.155. The fraction of sp³-hybridized carbons (Fsp3) is 0.538. The summed E-state index contributed by atoms with van der Waals surface area (Å²) < 4.78 is 23.2. The van der Waals surface area contributed by atoms with Crippen LogP contribution in [0.5, 0.6) is 0 Å². The zero-order valence-corrected chi connectivity index (χ0v) is 12.1. The molecule has 1 aliphatic carbocycles. The maximum absolute atomic E-state index is 11.6. The van der Waals surface area contributed by atoms with Crippen LogP contribution in [0.1, 0.15) is 25.7 Å². The standard InChI is InChI=1S/C13H19NO2S2/c1-18(15,16)13-4-2-3-12(9-13)17-11-7-5-10(14)6-8-11/h5-8,12-13H,2-4,9,14H2,1H3. The van der Waals surface area contributed by atoms with Gasteiger partial charge in [-0.1, -0.05) is 6.42 Å². The Morgan fingerprint density at radius 3 is 2.50 bits per heavy atom. The molecule has 0 aromatic heterocycles.